The lowest BCUT2D eigenvalue weighted by Crippen LogP contribution is -2.39. The molecule has 0 aliphatic carbocycles. The molecule has 2 aliphatic rings. The van der Waals surface area contributed by atoms with Gasteiger partial charge in [0.25, 0.3) is 0 Å². The van der Waals surface area contributed by atoms with Crippen LogP contribution in [0.25, 0.3) is 5.69 Å². The van der Waals surface area contributed by atoms with Gasteiger partial charge in [-0.1, -0.05) is 12.1 Å². The molecule has 4 rings (SSSR count). The molecule has 3 heterocycles. The van der Waals surface area contributed by atoms with Crippen LogP contribution in [0.3, 0.4) is 0 Å². The summed E-state index contributed by atoms with van der Waals surface area (Å²) in [7, 11) is 3.34. The molecule has 2 aliphatic heterocycles. The van der Waals surface area contributed by atoms with E-state index < -0.39 is 0 Å². The molecule has 2 aromatic rings. The maximum Gasteiger partial charge on any atom is 0.236 e. The van der Waals surface area contributed by atoms with Crippen molar-refractivity contribution in [1.29, 1.82) is 0 Å². The van der Waals surface area contributed by atoms with Crippen molar-refractivity contribution in [3.63, 3.8) is 0 Å². The number of amides is 2. The Kier molecular flexibility index (Phi) is 7.61. The highest BCUT2D eigenvalue weighted by atomic mass is 16.5. The number of likely N-dealkylation sites (tertiary alicyclic amines) is 1. The molecule has 178 valence electrons. The smallest absolute Gasteiger partial charge is 0.236 e. The number of nitrogens with zero attached hydrogens (tertiary/aromatic N) is 5. The van der Waals surface area contributed by atoms with Gasteiger partial charge < -0.3 is 19.3 Å². The number of carbonyl (C=O) groups excluding carboxylic acids is 2. The second kappa shape index (κ2) is 10.8. The highest BCUT2D eigenvalue weighted by Crippen LogP contribution is 2.22. The molecule has 1 unspecified atom stereocenters. The summed E-state index contributed by atoms with van der Waals surface area (Å²) in [6.07, 6.45) is 6.12. The Morgan fingerprint density at radius 1 is 1.06 bits per heavy atom. The summed E-state index contributed by atoms with van der Waals surface area (Å²) in [5, 5.41) is 4.49. The molecule has 33 heavy (non-hydrogen) atoms. The molecule has 0 saturated carbocycles. The van der Waals surface area contributed by atoms with Crippen molar-refractivity contribution in [1.82, 2.24) is 24.5 Å². The van der Waals surface area contributed by atoms with E-state index in [0.29, 0.717) is 45.7 Å². The van der Waals surface area contributed by atoms with Crippen LogP contribution < -0.4 is 4.74 Å². The van der Waals surface area contributed by atoms with Gasteiger partial charge in [0.05, 0.1) is 26.0 Å². The summed E-state index contributed by atoms with van der Waals surface area (Å²) < 4.78 is 12.9. The van der Waals surface area contributed by atoms with Crippen molar-refractivity contribution < 1.29 is 19.1 Å². The molecule has 9 heteroatoms. The first-order valence-electron chi connectivity index (χ1n) is 11.5. The first-order chi connectivity index (χ1) is 16.1. The van der Waals surface area contributed by atoms with Gasteiger partial charge >= 0.3 is 0 Å². The Morgan fingerprint density at radius 3 is 2.64 bits per heavy atom. The molecule has 9 nitrogen and oxygen atoms in total. The SMILES string of the molecule is COc1ccccc1-n1cc(CN2CC(=O)N(CCCN3CCCC3=O)CC(OC)C2)cn1. The molecule has 1 atom stereocenters. The van der Waals surface area contributed by atoms with Gasteiger partial charge in [-0.15, -0.1) is 0 Å². The van der Waals surface area contributed by atoms with Gasteiger partial charge in [0.2, 0.25) is 11.8 Å². The minimum absolute atomic E-state index is 0.0610. The summed E-state index contributed by atoms with van der Waals surface area (Å²) in [5.74, 6) is 1.08. The predicted molar refractivity (Wildman–Crippen MR) is 123 cm³/mol. The Bertz CT molecular complexity index is 962. The molecule has 0 radical (unpaired) electrons. The molecule has 2 saturated heterocycles. The highest BCUT2D eigenvalue weighted by Gasteiger charge is 2.28. The molecule has 0 spiro atoms. The second-order valence-corrected chi connectivity index (χ2v) is 8.67. The lowest BCUT2D eigenvalue weighted by Gasteiger charge is -2.24. The normalized spacial score (nSPS) is 19.9. The van der Waals surface area contributed by atoms with E-state index in [1.165, 1.54) is 0 Å². The summed E-state index contributed by atoms with van der Waals surface area (Å²) in [6.45, 7) is 4.38. The molecule has 1 aromatic heterocycles. The number of aromatic nitrogens is 2. The second-order valence-electron chi connectivity index (χ2n) is 8.67. The van der Waals surface area contributed by atoms with Gasteiger partial charge in [0.15, 0.2) is 0 Å². The summed E-state index contributed by atoms with van der Waals surface area (Å²) in [5.41, 5.74) is 1.89. The summed E-state index contributed by atoms with van der Waals surface area (Å²) in [4.78, 5) is 30.7. The van der Waals surface area contributed by atoms with Gasteiger partial charge in [-0.05, 0) is 25.0 Å². The van der Waals surface area contributed by atoms with Crippen molar-refractivity contribution in [2.24, 2.45) is 0 Å². The first-order valence-corrected chi connectivity index (χ1v) is 11.5. The third-order valence-electron chi connectivity index (χ3n) is 6.33. The highest BCUT2D eigenvalue weighted by molar-refractivity contribution is 5.79. The minimum atomic E-state index is -0.0610. The average Bonchev–Trinajstić information content (AvgIpc) is 3.42. The van der Waals surface area contributed by atoms with Crippen molar-refractivity contribution in [2.75, 3.05) is 53.5 Å². The van der Waals surface area contributed by atoms with E-state index in [0.717, 1.165) is 36.4 Å². The Balaban J connectivity index is 1.36. The number of benzene rings is 1. The quantitative estimate of drug-likeness (QED) is 0.571. The number of methoxy groups -OCH3 is 2. The predicted octanol–water partition coefficient (Wildman–Crippen LogP) is 1.55. The maximum absolute atomic E-state index is 13.0. The number of rotatable bonds is 9. The third kappa shape index (κ3) is 5.72. The van der Waals surface area contributed by atoms with E-state index in [2.05, 4.69) is 10.00 Å². The zero-order chi connectivity index (χ0) is 23.2. The molecular formula is C24H33N5O4. The Labute approximate surface area is 194 Å². The van der Waals surface area contributed by atoms with E-state index in [1.54, 1.807) is 18.9 Å². The number of hydrogen-bond acceptors (Lipinski definition) is 6. The monoisotopic (exact) mass is 455 g/mol. The topological polar surface area (TPSA) is 80.1 Å². The van der Waals surface area contributed by atoms with Crippen molar-refractivity contribution in [3.8, 4) is 11.4 Å². The van der Waals surface area contributed by atoms with Crippen LogP contribution >= 0.6 is 0 Å². The van der Waals surface area contributed by atoms with E-state index >= 15 is 0 Å². The summed E-state index contributed by atoms with van der Waals surface area (Å²) >= 11 is 0. The van der Waals surface area contributed by atoms with Crippen molar-refractivity contribution in [3.05, 3.63) is 42.2 Å². The largest absolute Gasteiger partial charge is 0.494 e. The molecular weight excluding hydrogens is 422 g/mol. The van der Waals surface area contributed by atoms with Crippen LogP contribution in [0.2, 0.25) is 0 Å². The number of para-hydroxylation sites is 2. The van der Waals surface area contributed by atoms with E-state index in [9.17, 15) is 9.59 Å². The molecule has 0 bridgehead atoms. The number of hydrogen-bond donors (Lipinski definition) is 0. The molecule has 2 fully saturated rings. The number of ether oxygens (including phenoxy) is 2. The molecule has 1 aromatic carbocycles. The lowest BCUT2D eigenvalue weighted by atomic mass is 10.2. The van der Waals surface area contributed by atoms with Crippen LogP contribution in [0.4, 0.5) is 0 Å². The van der Waals surface area contributed by atoms with Crippen molar-refractivity contribution in [2.45, 2.75) is 31.9 Å². The fourth-order valence-electron chi connectivity index (χ4n) is 4.58. The van der Waals surface area contributed by atoms with E-state index in [1.807, 2.05) is 46.5 Å². The Morgan fingerprint density at radius 2 is 1.88 bits per heavy atom. The first kappa shape index (κ1) is 23.3. The molecule has 2 amide bonds. The van der Waals surface area contributed by atoms with Crippen LogP contribution in [0.1, 0.15) is 24.8 Å². The van der Waals surface area contributed by atoms with E-state index in [-0.39, 0.29) is 17.9 Å². The van der Waals surface area contributed by atoms with Crippen LogP contribution in [0, 0.1) is 0 Å². The van der Waals surface area contributed by atoms with E-state index in [4.69, 9.17) is 9.47 Å². The molecule has 0 N–H and O–H groups in total. The third-order valence-corrected chi connectivity index (χ3v) is 6.33. The van der Waals surface area contributed by atoms with Gasteiger partial charge in [-0.3, -0.25) is 14.5 Å². The van der Waals surface area contributed by atoms with Crippen LogP contribution in [0.15, 0.2) is 36.7 Å². The number of carbonyl (C=O) groups is 2. The lowest BCUT2D eigenvalue weighted by molar-refractivity contribution is -0.131. The van der Waals surface area contributed by atoms with Gasteiger partial charge in [-0.25, -0.2) is 4.68 Å². The average molecular weight is 456 g/mol. The zero-order valence-electron chi connectivity index (χ0n) is 19.5. The summed E-state index contributed by atoms with van der Waals surface area (Å²) in [6, 6.07) is 7.74. The zero-order valence-corrected chi connectivity index (χ0v) is 19.5. The van der Waals surface area contributed by atoms with Crippen molar-refractivity contribution >= 4 is 11.8 Å². The minimum Gasteiger partial charge on any atom is -0.494 e. The van der Waals surface area contributed by atoms with Gasteiger partial charge in [0.1, 0.15) is 11.4 Å². The maximum atomic E-state index is 13.0. The van der Waals surface area contributed by atoms with Gasteiger partial charge in [0, 0.05) is 64.6 Å². The fraction of sp³-hybridized carbons (Fsp3) is 0.542. The van der Waals surface area contributed by atoms with Crippen LogP contribution in [-0.4, -0.2) is 95.9 Å². The standard InChI is InChI=1S/C24H33N5O4/c1-32-20-16-26(14-19-13-25-29(15-19)21-7-3-4-8-22(21)33-2)18-24(31)28(17-20)12-6-11-27-10-5-9-23(27)30/h3-4,7-8,13,15,20H,5-6,9-12,14,16-18H2,1-2H3. The van der Waals surface area contributed by atoms with Crippen LogP contribution in [0.5, 0.6) is 5.75 Å². The Hall–Kier alpha value is -2.91. The van der Waals surface area contributed by atoms with Crippen LogP contribution in [-0.2, 0) is 20.9 Å². The fourth-order valence-corrected chi connectivity index (χ4v) is 4.58. The van der Waals surface area contributed by atoms with Gasteiger partial charge in [-0.2, -0.15) is 5.10 Å².